The largest absolute Gasteiger partial charge is 0.372 e. The second-order valence-corrected chi connectivity index (χ2v) is 3.82. The summed E-state index contributed by atoms with van der Waals surface area (Å²) in [4.78, 5) is 4.60. The summed E-state index contributed by atoms with van der Waals surface area (Å²) in [5.74, 6) is 1.79. The van der Waals surface area contributed by atoms with Gasteiger partial charge in [-0.3, -0.25) is 0 Å². The molecule has 1 fully saturated rings. The standard InChI is InChI=1S/C10H17N5/c1-11-9-3-4-10(13-12-9)15-7-5-14(2)6-8-15/h3-4H,5-8H2,1-2H3,(H,11,12). The van der Waals surface area contributed by atoms with Crippen LogP contribution in [-0.4, -0.2) is 55.4 Å². The first-order chi connectivity index (χ1) is 7.29. The summed E-state index contributed by atoms with van der Waals surface area (Å²) in [6.07, 6.45) is 0. The molecule has 0 atom stereocenters. The molecule has 1 aromatic rings. The van der Waals surface area contributed by atoms with Crippen LogP contribution < -0.4 is 10.2 Å². The third kappa shape index (κ3) is 2.36. The van der Waals surface area contributed by atoms with E-state index in [4.69, 9.17) is 0 Å². The second kappa shape index (κ2) is 4.44. The van der Waals surface area contributed by atoms with E-state index < -0.39 is 0 Å². The molecule has 0 bridgehead atoms. The van der Waals surface area contributed by atoms with Crippen molar-refractivity contribution in [1.82, 2.24) is 15.1 Å². The van der Waals surface area contributed by atoms with E-state index in [2.05, 4.69) is 32.4 Å². The lowest BCUT2D eigenvalue weighted by Gasteiger charge is -2.32. The lowest BCUT2D eigenvalue weighted by Crippen LogP contribution is -2.44. The Morgan fingerprint density at radius 3 is 2.40 bits per heavy atom. The highest BCUT2D eigenvalue weighted by atomic mass is 15.3. The van der Waals surface area contributed by atoms with Crippen molar-refractivity contribution < 1.29 is 0 Å². The van der Waals surface area contributed by atoms with E-state index in [0.29, 0.717) is 0 Å². The van der Waals surface area contributed by atoms with Gasteiger partial charge in [0.1, 0.15) is 5.82 Å². The van der Waals surface area contributed by atoms with Crippen molar-refractivity contribution in [3.8, 4) is 0 Å². The van der Waals surface area contributed by atoms with Gasteiger partial charge in [0, 0.05) is 33.2 Å². The summed E-state index contributed by atoms with van der Waals surface area (Å²) in [7, 11) is 3.99. The minimum absolute atomic E-state index is 0.813. The molecule has 0 unspecified atom stereocenters. The van der Waals surface area contributed by atoms with Gasteiger partial charge < -0.3 is 15.1 Å². The fourth-order valence-electron chi connectivity index (χ4n) is 1.66. The molecule has 1 aromatic heterocycles. The van der Waals surface area contributed by atoms with Gasteiger partial charge in [0.2, 0.25) is 0 Å². The molecule has 0 spiro atoms. The first kappa shape index (κ1) is 10.2. The quantitative estimate of drug-likeness (QED) is 0.754. The van der Waals surface area contributed by atoms with Gasteiger partial charge in [-0.2, -0.15) is 0 Å². The van der Waals surface area contributed by atoms with Crippen LogP contribution in [0.1, 0.15) is 0 Å². The van der Waals surface area contributed by atoms with Crippen LogP contribution in [0.25, 0.3) is 0 Å². The summed E-state index contributed by atoms with van der Waals surface area (Å²) < 4.78 is 0. The Hall–Kier alpha value is -1.36. The maximum absolute atomic E-state index is 4.19. The van der Waals surface area contributed by atoms with E-state index >= 15 is 0 Å². The molecule has 0 saturated carbocycles. The Balaban J connectivity index is 2.03. The monoisotopic (exact) mass is 207 g/mol. The summed E-state index contributed by atoms with van der Waals surface area (Å²) >= 11 is 0. The van der Waals surface area contributed by atoms with Gasteiger partial charge in [-0.05, 0) is 19.2 Å². The predicted octanol–water partition coefficient (Wildman–Crippen LogP) is 0.270. The van der Waals surface area contributed by atoms with Crippen LogP contribution in [-0.2, 0) is 0 Å². The lowest BCUT2D eigenvalue weighted by molar-refractivity contribution is 0.312. The van der Waals surface area contributed by atoms with Gasteiger partial charge in [0.15, 0.2) is 5.82 Å². The Labute approximate surface area is 90.1 Å². The van der Waals surface area contributed by atoms with E-state index in [9.17, 15) is 0 Å². The van der Waals surface area contributed by atoms with Crippen molar-refractivity contribution in [3.05, 3.63) is 12.1 Å². The Bertz CT molecular complexity index is 302. The zero-order valence-corrected chi connectivity index (χ0v) is 9.27. The number of aromatic nitrogens is 2. The zero-order chi connectivity index (χ0) is 10.7. The maximum atomic E-state index is 4.19. The van der Waals surface area contributed by atoms with Crippen LogP contribution in [0, 0.1) is 0 Å². The summed E-state index contributed by atoms with van der Waals surface area (Å²) in [5, 5.41) is 11.2. The average molecular weight is 207 g/mol. The molecular formula is C10H17N5. The maximum Gasteiger partial charge on any atom is 0.151 e. The van der Waals surface area contributed by atoms with Gasteiger partial charge in [0.05, 0.1) is 0 Å². The fraction of sp³-hybridized carbons (Fsp3) is 0.600. The topological polar surface area (TPSA) is 44.3 Å². The number of nitrogens with one attached hydrogen (secondary N) is 1. The van der Waals surface area contributed by atoms with Crippen molar-refractivity contribution in [1.29, 1.82) is 0 Å². The first-order valence-corrected chi connectivity index (χ1v) is 5.24. The predicted molar refractivity (Wildman–Crippen MR) is 61.3 cm³/mol. The molecule has 2 heterocycles. The van der Waals surface area contributed by atoms with Crippen LogP contribution in [0.3, 0.4) is 0 Å². The fourth-order valence-corrected chi connectivity index (χ4v) is 1.66. The minimum Gasteiger partial charge on any atom is -0.372 e. The van der Waals surface area contributed by atoms with Crippen LogP contribution in [0.15, 0.2) is 12.1 Å². The lowest BCUT2D eigenvalue weighted by atomic mass is 10.3. The first-order valence-electron chi connectivity index (χ1n) is 5.24. The number of nitrogens with zero attached hydrogens (tertiary/aromatic N) is 4. The molecule has 0 amide bonds. The number of likely N-dealkylation sites (N-methyl/N-ethyl adjacent to an activating group) is 1. The molecule has 5 nitrogen and oxygen atoms in total. The highest BCUT2D eigenvalue weighted by molar-refractivity contribution is 5.43. The van der Waals surface area contributed by atoms with Crippen LogP contribution in [0.2, 0.25) is 0 Å². The van der Waals surface area contributed by atoms with Crippen molar-refractivity contribution in [3.63, 3.8) is 0 Å². The number of hydrogen-bond donors (Lipinski definition) is 1. The Kier molecular flexibility index (Phi) is 3.01. The van der Waals surface area contributed by atoms with Crippen molar-refractivity contribution >= 4 is 11.6 Å². The SMILES string of the molecule is CNc1ccc(N2CCN(C)CC2)nn1. The van der Waals surface area contributed by atoms with Gasteiger partial charge in [-0.1, -0.05) is 0 Å². The molecule has 0 radical (unpaired) electrons. The van der Waals surface area contributed by atoms with Gasteiger partial charge in [-0.15, -0.1) is 10.2 Å². The number of rotatable bonds is 2. The average Bonchev–Trinajstić information content (AvgIpc) is 2.30. The van der Waals surface area contributed by atoms with Crippen molar-refractivity contribution in [2.45, 2.75) is 0 Å². The summed E-state index contributed by atoms with van der Waals surface area (Å²) in [6, 6.07) is 3.98. The van der Waals surface area contributed by atoms with Crippen LogP contribution in [0.5, 0.6) is 0 Å². The highest BCUT2D eigenvalue weighted by Crippen LogP contribution is 2.13. The van der Waals surface area contributed by atoms with Crippen LogP contribution in [0.4, 0.5) is 11.6 Å². The zero-order valence-electron chi connectivity index (χ0n) is 9.27. The Morgan fingerprint density at radius 1 is 1.13 bits per heavy atom. The minimum atomic E-state index is 0.813. The molecule has 1 aliphatic rings. The third-order valence-corrected chi connectivity index (χ3v) is 2.73. The third-order valence-electron chi connectivity index (χ3n) is 2.73. The van der Waals surface area contributed by atoms with Gasteiger partial charge >= 0.3 is 0 Å². The smallest absolute Gasteiger partial charge is 0.151 e. The number of hydrogen-bond acceptors (Lipinski definition) is 5. The van der Waals surface area contributed by atoms with E-state index in [1.54, 1.807) is 0 Å². The summed E-state index contributed by atoms with van der Waals surface area (Å²) in [6.45, 7) is 4.25. The molecular weight excluding hydrogens is 190 g/mol. The Morgan fingerprint density at radius 2 is 1.87 bits per heavy atom. The van der Waals surface area contributed by atoms with Gasteiger partial charge in [-0.25, -0.2) is 0 Å². The van der Waals surface area contributed by atoms with E-state index in [1.165, 1.54) is 0 Å². The highest BCUT2D eigenvalue weighted by Gasteiger charge is 2.15. The van der Waals surface area contributed by atoms with Gasteiger partial charge in [0.25, 0.3) is 0 Å². The normalized spacial score (nSPS) is 17.9. The molecule has 5 heteroatoms. The number of piperazine rings is 1. The molecule has 82 valence electrons. The van der Waals surface area contributed by atoms with Crippen molar-refractivity contribution in [2.24, 2.45) is 0 Å². The second-order valence-electron chi connectivity index (χ2n) is 3.82. The molecule has 0 aromatic carbocycles. The van der Waals surface area contributed by atoms with Crippen molar-refractivity contribution in [2.75, 3.05) is 50.5 Å². The molecule has 0 aliphatic carbocycles. The van der Waals surface area contributed by atoms with E-state index in [-0.39, 0.29) is 0 Å². The molecule has 2 rings (SSSR count). The van der Waals surface area contributed by atoms with E-state index in [0.717, 1.165) is 37.8 Å². The summed E-state index contributed by atoms with van der Waals surface area (Å²) in [5.41, 5.74) is 0. The number of anilines is 2. The van der Waals surface area contributed by atoms with E-state index in [1.807, 2.05) is 19.2 Å². The van der Waals surface area contributed by atoms with Crippen LogP contribution >= 0.6 is 0 Å². The molecule has 1 saturated heterocycles. The molecule has 1 N–H and O–H groups in total. The molecule has 15 heavy (non-hydrogen) atoms. The molecule has 1 aliphatic heterocycles.